The summed E-state index contributed by atoms with van der Waals surface area (Å²) in [5.41, 5.74) is 0.909. The molecule has 10 nitrogen and oxygen atoms in total. The largest absolute Gasteiger partial charge is 0.491 e. The lowest BCUT2D eigenvalue weighted by Gasteiger charge is -2.19. The van der Waals surface area contributed by atoms with Crippen LogP contribution in [-0.2, 0) is 18.9 Å². The molecule has 0 radical (unpaired) electrons. The third-order valence-corrected chi connectivity index (χ3v) is 7.35. The number of esters is 2. The zero-order valence-corrected chi connectivity index (χ0v) is 28.8. The Balaban J connectivity index is 0.991. The fourth-order valence-corrected chi connectivity index (χ4v) is 4.73. The second kappa shape index (κ2) is 21.4. The molecule has 2 atom stereocenters. The molecular weight excluding hydrogens is 664 g/mol. The molecule has 0 saturated carbocycles. The van der Waals surface area contributed by atoms with Gasteiger partial charge in [0.05, 0.1) is 37.6 Å². The fourth-order valence-electron chi connectivity index (χ4n) is 4.73. The van der Waals surface area contributed by atoms with E-state index in [1.807, 2.05) is 72.8 Å². The van der Waals surface area contributed by atoms with E-state index in [2.05, 4.69) is 0 Å². The molecule has 0 N–H and O–H groups in total. The molecule has 5 rings (SSSR count). The number of rotatable bonds is 22. The highest BCUT2D eigenvalue weighted by Crippen LogP contribution is 2.18. The minimum atomic E-state index is -0.619. The first-order valence-electron chi connectivity index (χ1n) is 17.0. The monoisotopic (exact) mass is 706 g/mol. The van der Waals surface area contributed by atoms with Crippen molar-refractivity contribution in [2.24, 2.45) is 0 Å². The van der Waals surface area contributed by atoms with Gasteiger partial charge in [-0.1, -0.05) is 72.8 Å². The molecule has 0 bridgehead atoms. The van der Waals surface area contributed by atoms with Crippen LogP contribution in [0.25, 0.3) is 0 Å². The van der Waals surface area contributed by atoms with E-state index in [0.717, 1.165) is 0 Å². The second-order valence-electron chi connectivity index (χ2n) is 11.4. The van der Waals surface area contributed by atoms with Crippen LogP contribution < -0.4 is 18.9 Å². The molecule has 0 spiro atoms. The highest BCUT2D eigenvalue weighted by Gasteiger charge is 2.19. The molecule has 0 aliphatic rings. The third kappa shape index (κ3) is 13.5. The van der Waals surface area contributed by atoms with Crippen LogP contribution in [0.15, 0.2) is 146 Å². The van der Waals surface area contributed by atoms with Crippen LogP contribution in [0.4, 0.5) is 0 Å². The predicted octanol–water partition coefficient (Wildman–Crippen LogP) is 7.09. The number of ether oxygens (including phenoxy) is 8. The minimum Gasteiger partial charge on any atom is -0.491 e. The van der Waals surface area contributed by atoms with Gasteiger partial charge in [-0.15, -0.1) is 0 Å². The van der Waals surface area contributed by atoms with E-state index in [4.69, 9.17) is 37.9 Å². The first-order chi connectivity index (χ1) is 25.6. The predicted molar refractivity (Wildman–Crippen MR) is 194 cm³/mol. The first-order valence-corrected chi connectivity index (χ1v) is 17.0. The highest BCUT2D eigenvalue weighted by atomic mass is 16.6. The lowest BCUT2D eigenvalue weighted by atomic mass is 10.2. The topological polar surface area (TPSA) is 108 Å². The number of para-hydroxylation sites is 2. The molecule has 2 unspecified atom stereocenters. The van der Waals surface area contributed by atoms with E-state index in [9.17, 15) is 9.59 Å². The molecule has 52 heavy (non-hydrogen) atoms. The average molecular weight is 707 g/mol. The summed E-state index contributed by atoms with van der Waals surface area (Å²) in [5, 5.41) is 0. The van der Waals surface area contributed by atoms with Crippen LogP contribution in [0.5, 0.6) is 23.0 Å². The van der Waals surface area contributed by atoms with Gasteiger partial charge >= 0.3 is 11.9 Å². The van der Waals surface area contributed by atoms with Gasteiger partial charge < -0.3 is 37.9 Å². The summed E-state index contributed by atoms with van der Waals surface area (Å²) in [6.45, 7) is 1.69. The zero-order valence-electron chi connectivity index (χ0n) is 28.8. The first kappa shape index (κ1) is 37.4. The van der Waals surface area contributed by atoms with Crippen molar-refractivity contribution in [3.8, 4) is 23.0 Å². The van der Waals surface area contributed by atoms with Gasteiger partial charge in [0, 0.05) is 0 Å². The standard InChI is InChI=1S/C42H42O10/c43-41(33-13-5-1-6-14-33)51-39(31-49-35-17-9-3-10-18-35)29-45-25-27-47-37-21-23-38(24-22-37)48-28-26-46-30-40(32-50-36-19-11-4-12-20-36)52-42(44)34-15-7-2-8-16-34/h1-24,39-40H,25-32H2. The molecule has 0 aromatic heterocycles. The summed E-state index contributed by atoms with van der Waals surface area (Å²) in [5.74, 6) is 1.75. The molecule has 0 aliphatic carbocycles. The number of benzene rings is 5. The van der Waals surface area contributed by atoms with E-state index in [1.54, 1.807) is 72.8 Å². The highest BCUT2D eigenvalue weighted by molar-refractivity contribution is 5.89. The Hall–Kier alpha value is -5.84. The Labute approximate surface area is 303 Å². The van der Waals surface area contributed by atoms with Crippen molar-refractivity contribution >= 4 is 11.9 Å². The summed E-state index contributed by atoms with van der Waals surface area (Å²) in [6.07, 6.45) is -1.24. The van der Waals surface area contributed by atoms with E-state index in [1.165, 1.54) is 0 Å². The Morgan fingerprint density at radius 2 is 0.692 bits per heavy atom. The summed E-state index contributed by atoms with van der Waals surface area (Å²) in [6, 6.07) is 43.4. The van der Waals surface area contributed by atoms with Gasteiger partial charge in [-0.25, -0.2) is 9.59 Å². The Bertz CT molecular complexity index is 1590. The summed E-state index contributed by atoms with van der Waals surface area (Å²) in [4.78, 5) is 25.3. The van der Waals surface area contributed by atoms with Crippen molar-refractivity contribution in [1.82, 2.24) is 0 Å². The van der Waals surface area contributed by atoms with Gasteiger partial charge in [-0.3, -0.25) is 0 Å². The molecule has 10 heteroatoms. The van der Waals surface area contributed by atoms with Gasteiger partial charge in [0.15, 0.2) is 12.2 Å². The summed E-state index contributed by atoms with van der Waals surface area (Å²) in [7, 11) is 0. The van der Waals surface area contributed by atoms with Gasteiger partial charge in [0.25, 0.3) is 0 Å². The van der Waals surface area contributed by atoms with Crippen LogP contribution in [0, 0.1) is 0 Å². The van der Waals surface area contributed by atoms with Gasteiger partial charge in [0.1, 0.15) is 49.4 Å². The molecule has 0 heterocycles. The van der Waals surface area contributed by atoms with Crippen molar-refractivity contribution in [2.45, 2.75) is 12.2 Å². The summed E-state index contributed by atoms with van der Waals surface area (Å²) >= 11 is 0. The van der Waals surface area contributed by atoms with Crippen LogP contribution in [0.1, 0.15) is 20.7 Å². The fraction of sp³-hybridized carbons (Fsp3) is 0.238. The normalized spacial score (nSPS) is 11.8. The zero-order chi connectivity index (χ0) is 36.1. The maximum absolute atomic E-state index is 12.6. The third-order valence-electron chi connectivity index (χ3n) is 7.35. The Morgan fingerprint density at radius 1 is 0.365 bits per heavy atom. The molecule has 5 aromatic rings. The van der Waals surface area contributed by atoms with Crippen molar-refractivity contribution in [3.05, 3.63) is 157 Å². The van der Waals surface area contributed by atoms with Gasteiger partial charge in [-0.2, -0.15) is 0 Å². The molecule has 0 aliphatic heterocycles. The molecule has 270 valence electrons. The molecule has 0 amide bonds. The molecule has 0 fully saturated rings. The Morgan fingerprint density at radius 3 is 1.06 bits per heavy atom. The van der Waals surface area contributed by atoms with Crippen LogP contribution in [0.2, 0.25) is 0 Å². The maximum Gasteiger partial charge on any atom is 0.338 e. The van der Waals surface area contributed by atoms with Crippen molar-refractivity contribution in [1.29, 1.82) is 0 Å². The quantitative estimate of drug-likeness (QED) is 0.0547. The summed E-state index contributed by atoms with van der Waals surface area (Å²) < 4.78 is 46.2. The van der Waals surface area contributed by atoms with Crippen molar-refractivity contribution in [2.75, 3.05) is 52.9 Å². The molecule has 5 aromatic carbocycles. The van der Waals surface area contributed by atoms with Crippen LogP contribution >= 0.6 is 0 Å². The maximum atomic E-state index is 12.6. The minimum absolute atomic E-state index is 0.139. The van der Waals surface area contributed by atoms with E-state index < -0.39 is 24.1 Å². The SMILES string of the molecule is O=C(OC(COCCOc1ccc(OCCOCC(COc2ccccc2)OC(=O)c2ccccc2)cc1)COc1ccccc1)c1ccccc1. The Kier molecular flexibility index (Phi) is 15.4. The van der Waals surface area contributed by atoms with Crippen LogP contribution in [0.3, 0.4) is 0 Å². The molecular formula is C42H42O10. The van der Waals surface area contributed by atoms with Gasteiger partial charge in [0.2, 0.25) is 0 Å². The lowest BCUT2D eigenvalue weighted by molar-refractivity contribution is -0.0241. The van der Waals surface area contributed by atoms with Crippen molar-refractivity contribution < 1.29 is 47.5 Å². The van der Waals surface area contributed by atoms with E-state index in [-0.39, 0.29) is 52.9 Å². The van der Waals surface area contributed by atoms with Crippen LogP contribution in [-0.4, -0.2) is 77.0 Å². The van der Waals surface area contributed by atoms with Gasteiger partial charge in [-0.05, 0) is 72.8 Å². The number of carbonyl (C=O) groups is 2. The second-order valence-corrected chi connectivity index (χ2v) is 11.4. The van der Waals surface area contributed by atoms with Crippen molar-refractivity contribution in [3.63, 3.8) is 0 Å². The lowest BCUT2D eigenvalue weighted by Crippen LogP contribution is -2.30. The molecule has 0 saturated heterocycles. The van der Waals surface area contributed by atoms with E-state index >= 15 is 0 Å². The number of carbonyl (C=O) groups excluding carboxylic acids is 2. The smallest absolute Gasteiger partial charge is 0.338 e. The number of hydrogen-bond acceptors (Lipinski definition) is 10. The number of hydrogen-bond donors (Lipinski definition) is 0. The van der Waals surface area contributed by atoms with E-state index in [0.29, 0.717) is 34.1 Å². The average Bonchev–Trinajstić information content (AvgIpc) is 3.20.